The summed E-state index contributed by atoms with van der Waals surface area (Å²) in [4.78, 5) is 11.7. The highest BCUT2D eigenvalue weighted by Gasteiger charge is 2.17. The van der Waals surface area contributed by atoms with E-state index in [4.69, 9.17) is 0 Å². The summed E-state index contributed by atoms with van der Waals surface area (Å²) < 4.78 is 0. The largest absolute Gasteiger partial charge is 0.355 e. The Morgan fingerprint density at radius 3 is 2.87 bits per heavy atom. The van der Waals surface area contributed by atoms with Crippen LogP contribution < -0.4 is 5.32 Å². The van der Waals surface area contributed by atoms with E-state index in [1.54, 1.807) is 0 Å². The number of fused-ring (bicyclic) bond motifs is 1. The van der Waals surface area contributed by atoms with Crippen LogP contribution in [0.25, 0.3) is 5.57 Å². The summed E-state index contributed by atoms with van der Waals surface area (Å²) >= 11 is 0. The van der Waals surface area contributed by atoms with Gasteiger partial charge in [-0.05, 0) is 12.1 Å². The summed E-state index contributed by atoms with van der Waals surface area (Å²) in [5, 5.41) is 3.15. The fraction of sp³-hybridized carbons (Fsp3) is 0.154. The number of carbonyl (C=O) groups excluding carboxylic acids is 1. The summed E-state index contributed by atoms with van der Waals surface area (Å²) in [6.07, 6.45) is 2.33. The minimum atomic E-state index is 0.157. The minimum Gasteiger partial charge on any atom is -0.355 e. The summed E-state index contributed by atoms with van der Waals surface area (Å²) in [6.45, 7) is 5.71. The van der Waals surface area contributed by atoms with E-state index in [2.05, 4.69) is 11.9 Å². The van der Waals surface area contributed by atoms with Crippen molar-refractivity contribution in [2.45, 2.75) is 13.3 Å². The van der Waals surface area contributed by atoms with Gasteiger partial charge in [0, 0.05) is 28.9 Å². The van der Waals surface area contributed by atoms with Crippen molar-refractivity contribution in [3.63, 3.8) is 0 Å². The number of rotatable bonds is 2. The van der Waals surface area contributed by atoms with Crippen LogP contribution in [0.15, 0.2) is 42.6 Å². The maximum atomic E-state index is 11.7. The van der Waals surface area contributed by atoms with Gasteiger partial charge in [0.15, 0.2) is 5.78 Å². The van der Waals surface area contributed by atoms with Crippen LogP contribution in [0.3, 0.4) is 0 Å². The minimum absolute atomic E-state index is 0.157. The topological polar surface area (TPSA) is 29.1 Å². The number of hydrogen-bond acceptors (Lipinski definition) is 2. The number of ketones is 1. The number of hydrogen-bond donors (Lipinski definition) is 1. The standard InChI is InChI=1S/C13H13NO/c1-3-13(15)11-8-9(2)14-12-7-5-4-6-10(11)12/h4-8,14H,2-3H2,1H3. The first kappa shape index (κ1) is 9.71. The van der Waals surface area contributed by atoms with E-state index in [1.165, 1.54) is 0 Å². The Bertz CT molecular complexity index is 457. The van der Waals surface area contributed by atoms with Crippen LogP contribution in [-0.4, -0.2) is 5.78 Å². The predicted octanol–water partition coefficient (Wildman–Crippen LogP) is 2.99. The third-order valence-electron chi connectivity index (χ3n) is 2.45. The van der Waals surface area contributed by atoms with Crippen molar-refractivity contribution in [2.24, 2.45) is 0 Å². The zero-order chi connectivity index (χ0) is 10.8. The Hall–Kier alpha value is -1.83. The highest BCUT2D eigenvalue weighted by atomic mass is 16.1. The van der Waals surface area contributed by atoms with Crippen LogP contribution in [0, 0.1) is 0 Å². The smallest absolute Gasteiger partial charge is 0.163 e. The molecule has 1 aromatic carbocycles. The molecule has 0 saturated carbocycles. The van der Waals surface area contributed by atoms with Crippen LogP contribution in [0.1, 0.15) is 18.9 Å². The lowest BCUT2D eigenvalue weighted by molar-refractivity contribution is -0.113. The van der Waals surface area contributed by atoms with Gasteiger partial charge < -0.3 is 5.32 Å². The quantitative estimate of drug-likeness (QED) is 0.793. The van der Waals surface area contributed by atoms with Crippen LogP contribution in [0.4, 0.5) is 5.69 Å². The molecule has 0 spiro atoms. The predicted molar refractivity (Wildman–Crippen MR) is 62.5 cm³/mol. The molecule has 2 nitrogen and oxygen atoms in total. The van der Waals surface area contributed by atoms with Gasteiger partial charge in [0.1, 0.15) is 0 Å². The second-order valence-corrected chi connectivity index (χ2v) is 3.53. The third kappa shape index (κ3) is 1.71. The van der Waals surface area contributed by atoms with E-state index in [-0.39, 0.29) is 5.78 Å². The molecule has 0 bridgehead atoms. The van der Waals surface area contributed by atoms with Crippen molar-refractivity contribution in [1.82, 2.24) is 0 Å². The zero-order valence-corrected chi connectivity index (χ0v) is 8.71. The van der Waals surface area contributed by atoms with Gasteiger partial charge in [0.25, 0.3) is 0 Å². The van der Waals surface area contributed by atoms with Gasteiger partial charge in [0.05, 0.1) is 0 Å². The Kier molecular flexibility index (Phi) is 2.42. The lowest BCUT2D eigenvalue weighted by atomic mass is 9.95. The molecule has 1 aliphatic rings. The number of para-hydroxylation sites is 1. The molecule has 1 heterocycles. The molecule has 1 aromatic rings. The maximum Gasteiger partial charge on any atom is 0.163 e. The number of carbonyl (C=O) groups is 1. The Balaban J connectivity index is 2.54. The number of allylic oxidation sites excluding steroid dienone is 2. The van der Waals surface area contributed by atoms with Gasteiger partial charge in [-0.2, -0.15) is 0 Å². The molecule has 2 rings (SSSR count). The van der Waals surface area contributed by atoms with E-state index in [0.29, 0.717) is 6.42 Å². The molecular formula is C13H13NO. The van der Waals surface area contributed by atoms with E-state index >= 15 is 0 Å². The molecule has 0 unspecified atom stereocenters. The van der Waals surface area contributed by atoms with Gasteiger partial charge in [-0.3, -0.25) is 4.79 Å². The van der Waals surface area contributed by atoms with Crippen molar-refractivity contribution in [1.29, 1.82) is 0 Å². The Morgan fingerprint density at radius 2 is 2.13 bits per heavy atom. The van der Waals surface area contributed by atoms with Crippen molar-refractivity contribution < 1.29 is 4.79 Å². The van der Waals surface area contributed by atoms with Gasteiger partial charge in [-0.25, -0.2) is 0 Å². The van der Waals surface area contributed by atoms with Crippen molar-refractivity contribution in [2.75, 3.05) is 5.32 Å². The summed E-state index contributed by atoms with van der Waals surface area (Å²) in [5.41, 5.74) is 3.46. The Morgan fingerprint density at radius 1 is 1.40 bits per heavy atom. The van der Waals surface area contributed by atoms with Gasteiger partial charge >= 0.3 is 0 Å². The first-order valence-corrected chi connectivity index (χ1v) is 5.02. The average Bonchev–Trinajstić information content (AvgIpc) is 2.26. The first-order valence-electron chi connectivity index (χ1n) is 5.02. The van der Waals surface area contributed by atoms with Crippen LogP contribution in [0.2, 0.25) is 0 Å². The second kappa shape index (κ2) is 3.73. The molecule has 1 aliphatic heterocycles. The molecule has 0 amide bonds. The van der Waals surface area contributed by atoms with Crippen LogP contribution in [-0.2, 0) is 4.79 Å². The van der Waals surface area contributed by atoms with E-state index < -0.39 is 0 Å². The maximum absolute atomic E-state index is 11.7. The molecule has 1 N–H and O–H groups in total. The number of Topliss-reactive ketones (excluding diaryl/α,β-unsaturated/α-hetero) is 1. The van der Waals surface area contributed by atoms with Crippen molar-refractivity contribution in [3.05, 3.63) is 48.2 Å². The molecule has 15 heavy (non-hydrogen) atoms. The fourth-order valence-corrected chi connectivity index (χ4v) is 1.71. The monoisotopic (exact) mass is 199 g/mol. The highest BCUT2D eigenvalue weighted by Crippen LogP contribution is 2.31. The third-order valence-corrected chi connectivity index (χ3v) is 2.45. The molecule has 0 saturated heterocycles. The van der Waals surface area contributed by atoms with Gasteiger partial charge in [-0.1, -0.05) is 31.7 Å². The molecule has 0 fully saturated rings. The second-order valence-electron chi connectivity index (χ2n) is 3.53. The lowest BCUT2D eigenvalue weighted by Crippen LogP contribution is -2.10. The molecular weight excluding hydrogens is 186 g/mol. The van der Waals surface area contributed by atoms with Gasteiger partial charge in [0.2, 0.25) is 0 Å². The first-order chi connectivity index (χ1) is 7.22. The van der Waals surface area contributed by atoms with E-state index in [0.717, 1.165) is 22.5 Å². The average molecular weight is 199 g/mol. The molecule has 0 radical (unpaired) electrons. The number of nitrogens with one attached hydrogen (secondary N) is 1. The number of benzene rings is 1. The fourth-order valence-electron chi connectivity index (χ4n) is 1.71. The summed E-state index contributed by atoms with van der Waals surface area (Å²) in [5.74, 6) is 0.157. The molecule has 0 aromatic heterocycles. The van der Waals surface area contributed by atoms with E-state index in [9.17, 15) is 4.79 Å². The highest BCUT2D eigenvalue weighted by molar-refractivity contribution is 6.23. The SMILES string of the molecule is C=C1C=C(C(=O)CC)c2ccccc2N1. The summed E-state index contributed by atoms with van der Waals surface area (Å²) in [7, 11) is 0. The summed E-state index contributed by atoms with van der Waals surface area (Å²) in [6, 6.07) is 7.79. The van der Waals surface area contributed by atoms with Gasteiger partial charge in [-0.15, -0.1) is 0 Å². The van der Waals surface area contributed by atoms with Crippen LogP contribution in [0.5, 0.6) is 0 Å². The number of anilines is 1. The van der Waals surface area contributed by atoms with Crippen molar-refractivity contribution >= 4 is 17.0 Å². The van der Waals surface area contributed by atoms with Crippen molar-refractivity contribution in [3.8, 4) is 0 Å². The molecule has 0 aliphatic carbocycles. The van der Waals surface area contributed by atoms with Crippen LogP contribution >= 0.6 is 0 Å². The Labute approximate surface area is 89.3 Å². The van der Waals surface area contributed by atoms with E-state index in [1.807, 2.05) is 37.3 Å². The molecule has 2 heteroatoms. The normalized spacial score (nSPS) is 13.9. The lowest BCUT2D eigenvalue weighted by Gasteiger charge is -2.19. The molecule has 0 atom stereocenters. The molecule has 76 valence electrons. The zero-order valence-electron chi connectivity index (χ0n) is 8.71.